The SMILES string of the molecule is Fc1ccccc1-c1cncc2[nH]c(-c3n[nH]c4ccc(-c5cncc(OC6CCCCC6)c5)nc34)nc12. The smallest absolute Gasteiger partial charge is 0.161 e. The third kappa shape index (κ3) is 4.06. The minimum absolute atomic E-state index is 0.244. The normalized spacial score (nSPS) is 14.3. The number of fused-ring (bicyclic) bond motifs is 2. The number of nitrogens with one attached hydrogen (secondary N) is 2. The number of ether oxygens (including phenoxy) is 1. The van der Waals surface area contributed by atoms with Crippen LogP contribution in [-0.4, -0.2) is 41.2 Å². The van der Waals surface area contributed by atoms with E-state index in [1.807, 2.05) is 18.2 Å². The summed E-state index contributed by atoms with van der Waals surface area (Å²) < 4.78 is 20.8. The lowest BCUT2D eigenvalue weighted by Crippen LogP contribution is -2.19. The van der Waals surface area contributed by atoms with Crippen molar-refractivity contribution in [2.75, 3.05) is 0 Å². The summed E-state index contributed by atoms with van der Waals surface area (Å²) in [6.07, 6.45) is 12.9. The first kappa shape index (κ1) is 22.5. The lowest BCUT2D eigenvalue weighted by atomic mass is 9.98. The number of H-pyrrole nitrogens is 2. The van der Waals surface area contributed by atoms with E-state index in [4.69, 9.17) is 14.7 Å². The molecule has 2 N–H and O–H groups in total. The van der Waals surface area contributed by atoms with Crippen molar-refractivity contribution in [3.63, 3.8) is 0 Å². The molecule has 0 radical (unpaired) electrons. The monoisotopic (exact) mass is 505 g/mol. The summed E-state index contributed by atoms with van der Waals surface area (Å²) in [7, 11) is 0. The van der Waals surface area contributed by atoms with Gasteiger partial charge in [-0.05, 0) is 49.9 Å². The molecule has 7 rings (SSSR count). The summed E-state index contributed by atoms with van der Waals surface area (Å²) in [5.74, 6) is 0.953. The topological polar surface area (TPSA) is 105 Å². The molecule has 1 saturated carbocycles. The maximum absolute atomic E-state index is 14.5. The van der Waals surface area contributed by atoms with E-state index in [0.717, 1.165) is 35.4 Å². The predicted octanol–water partition coefficient (Wildman–Crippen LogP) is 6.48. The number of imidazole rings is 1. The van der Waals surface area contributed by atoms with Crippen LogP contribution in [0.25, 0.3) is 56.0 Å². The zero-order valence-corrected chi connectivity index (χ0v) is 20.5. The van der Waals surface area contributed by atoms with Crippen LogP contribution in [0.15, 0.2) is 67.3 Å². The number of nitrogens with zero attached hydrogens (tertiary/aromatic N) is 5. The first-order valence-electron chi connectivity index (χ1n) is 12.8. The van der Waals surface area contributed by atoms with E-state index in [-0.39, 0.29) is 11.9 Å². The van der Waals surface area contributed by atoms with Crippen LogP contribution in [0.5, 0.6) is 5.75 Å². The van der Waals surface area contributed by atoms with Gasteiger partial charge in [-0.15, -0.1) is 0 Å². The standard InChI is InChI=1S/C29H24FN7O/c30-22-9-5-4-8-20(22)21-15-32-16-25-26(21)35-29(34-25)28-27-24(36-37-28)11-10-23(33-27)17-12-19(14-31-13-17)38-18-6-2-1-3-7-18/h4-5,8-16,18H,1-3,6-7H2,(H,34,35)(H,36,37). The fourth-order valence-electron chi connectivity index (χ4n) is 5.15. The second kappa shape index (κ2) is 9.33. The molecule has 0 bridgehead atoms. The van der Waals surface area contributed by atoms with Crippen molar-refractivity contribution in [3.05, 3.63) is 73.1 Å². The van der Waals surface area contributed by atoms with E-state index in [1.165, 1.54) is 25.3 Å². The minimum Gasteiger partial charge on any atom is -0.489 e. The van der Waals surface area contributed by atoms with Gasteiger partial charge in [0.25, 0.3) is 0 Å². The molecule has 188 valence electrons. The molecule has 9 heteroatoms. The Balaban J connectivity index is 1.26. The van der Waals surface area contributed by atoms with Crippen LogP contribution in [-0.2, 0) is 0 Å². The zero-order valence-electron chi connectivity index (χ0n) is 20.5. The second-order valence-electron chi connectivity index (χ2n) is 9.60. The molecule has 5 aromatic heterocycles. The number of halogens is 1. The minimum atomic E-state index is -0.328. The van der Waals surface area contributed by atoms with Crippen LogP contribution >= 0.6 is 0 Å². The summed E-state index contributed by atoms with van der Waals surface area (Å²) >= 11 is 0. The summed E-state index contributed by atoms with van der Waals surface area (Å²) in [5.41, 5.74) is 5.99. The average Bonchev–Trinajstić information content (AvgIpc) is 3.58. The Morgan fingerprint density at radius 2 is 1.68 bits per heavy atom. The van der Waals surface area contributed by atoms with E-state index in [2.05, 4.69) is 25.1 Å². The van der Waals surface area contributed by atoms with Gasteiger partial charge in [-0.1, -0.05) is 24.6 Å². The largest absolute Gasteiger partial charge is 0.489 e. The average molecular weight is 506 g/mol. The van der Waals surface area contributed by atoms with E-state index >= 15 is 0 Å². The van der Waals surface area contributed by atoms with Gasteiger partial charge in [0.2, 0.25) is 0 Å². The summed E-state index contributed by atoms with van der Waals surface area (Å²) in [5, 5.41) is 7.54. The van der Waals surface area contributed by atoms with Gasteiger partial charge in [0, 0.05) is 29.1 Å². The Labute approximate surface area is 217 Å². The van der Waals surface area contributed by atoms with Crippen molar-refractivity contribution >= 4 is 22.1 Å². The fraction of sp³-hybridized carbons (Fsp3) is 0.207. The van der Waals surface area contributed by atoms with E-state index < -0.39 is 0 Å². The highest BCUT2D eigenvalue weighted by molar-refractivity contribution is 5.95. The molecule has 8 nitrogen and oxygen atoms in total. The number of pyridine rings is 3. The Hall–Kier alpha value is -4.66. The van der Waals surface area contributed by atoms with Gasteiger partial charge in [-0.2, -0.15) is 5.10 Å². The maximum Gasteiger partial charge on any atom is 0.161 e. The van der Waals surface area contributed by atoms with Crippen molar-refractivity contribution in [1.29, 1.82) is 0 Å². The summed E-state index contributed by atoms with van der Waals surface area (Å²) in [4.78, 5) is 21.7. The lowest BCUT2D eigenvalue weighted by molar-refractivity contribution is 0.154. The van der Waals surface area contributed by atoms with Crippen LogP contribution < -0.4 is 4.74 Å². The molecule has 38 heavy (non-hydrogen) atoms. The fourth-order valence-corrected chi connectivity index (χ4v) is 5.15. The lowest BCUT2D eigenvalue weighted by Gasteiger charge is -2.22. The highest BCUT2D eigenvalue weighted by Gasteiger charge is 2.19. The number of benzene rings is 1. The molecule has 0 unspecified atom stereocenters. The van der Waals surface area contributed by atoms with Crippen molar-refractivity contribution < 1.29 is 9.13 Å². The molecule has 0 saturated heterocycles. The maximum atomic E-state index is 14.5. The molecule has 1 fully saturated rings. The first-order valence-corrected chi connectivity index (χ1v) is 12.8. The van der Waals surface area contributed by atoms with Crippen LogP contribution in [0.2, 0.25) is 0 Å². The quantitative estimate of drug-likeness (QED) is 0.278. The zero-order chi connectivity index (χ0) is 25.5. The van der Waals surface area contributed by atoms with Crippen LogP contribution in [0.4, 0.5) is 4.39 Å². The van der Waals surface area contributed by atoms with Gasteiger partial charge in [-0.3, -0.25) is 15.1 Å². The van der Waals surface area contributed by atoms with Gasteiger partial charge in [0.15, 0.2) is 11.5 Å². The Kier molecular flexibility index (Phi) is 5.53. The number of hydrogen-bond donors (Lipinski definition) is 2. The Morgan fingerprint density at radius 1 is 0.816 bits per heavy atom. The highest BCUT2D eigenvalue weighted by Crippen LogP contribution is 2.33. The molecular weight excluding hydrogens is 481 g/mol. The van der Waals surface area contributed by atoms with Crippen molar-refractivity contribution in [2.45, 2.75) is 38.2 Å². The van der Waals surface area contributed by atoms with Gasteiger partial charge in [0.1, 0.15) is 22.6 Å². The van der Waals surface area contributed by atoms with E-state index in [1.54, 1.807) is 43.0 Å². The molecule has 0 atom stereocenters. The summed E-state index contributed by atoms with van der Waals surface area (Å²) in [6, 6.07) is 12.5. The molecule has 1 aliphatic rings. The number of aromatic nitrogens is 7. The van der Waals surface area contributed by atoms with Gasteiger partial charge < -0.3 is 9.72 Å². The van der Waals surface area contributed by atoms with Gasteiger partial charge in [0.05, 0.1) is 35.2 Å². The first-order chi connectivity index (χ1) is 18.7. The summed E-state index contributed by atoms with van der Waals surface area (Å²) in [6.45, 7) is 0. The molecule has 1 aromatic carbocycles. The third-order valence-corrected chi connectivity index (χ3v) is 7.05. The van der Waals surface area contributed by atoms with Crippen LogP contribution in [0.1, 0.15) is 32.1 Å². The van der Waals surface area contributed by atoms with Crippen LogP contribution in [0, 0.1) is 5.82 Å². The van der Waals surface area contributed by atoms with E-state index in [0.29, 0.717) is 39.2 Å². The molecular formula is C29H24FN7O. The van der Waals surface area contributed by atoms with Crippen LogP contribution in [0.3, 0.4) is 0 Å². The molecule has 6 aromatic rings. The number of rotatable bonds is 5. The van der Waals surface area contributed by atoms with Crippen molar-refractivity contribution in [3.8, 4) is 39.7 Å². The van der Waals surface area contributed by atoms with Gasteiger partial charge >= 0.3 is 0 Å². The Bertz CT molecular complexity index is 1770. The highest BCUT2D eigenvalue weighted by atomic mass is 19.1. The number of hydrogen-bond acceptors (Lipinski definition) is 6. The van der Waals surface area contributed by atoms with Crippen molar-refractivity contribution in [1.82, 2.24) is 35.1 Å². The molecule has 1 aliphatic carbocycles. The van der Waals surface area contributed by atoms with Crippen molar-refractivity contribution in [2.24, 2.45) is 0 Å². The third-order valence-electron chi connectivity index (χ3n) is 7.05. The molecule has 0 amide bonds. The second-order valence-corrected chi connectivity index (χ2v) is 9.60. The molecule has 0 spiro atoms. The van der Waals surface area contributed by atoms with Gasteiger partial charge in [-0.25, -0.2) is 14.4 Å². The Morgan fingerprint density at radius 3 is 2.58 bits per heavy atom. The molecule has 5 heterocycles. The number of aromatic amines is 2. The molecule has 0 aliphatic heterocycles. The van der Waals surface area contributed by atoms with E-state index in [9.17, 15) is 4.39 Å². The predicted molar refractivity (Wildman–Crippen MR) is 143 cm³/mol.